The van der Waals surface area contributed by atoms with E-state index in [-0.39, 0.29) is 6.10 Å². The van der Waals surface area contributed by atoms with Crippen LogP contribution in [-0.4, -0.2) is 23.3 Å². The first-order chi connectivity index (χ1) is 8.80. The summed E-state index contributed by atoms with van der Waals surface area (Å²) < 4.78 is 0. The van der Waals surface area contributed by atoms with E-state index in [0.29, 0.717) is 11.5 Å². The summed E-state index contributed by atoms with van der Waals surface area (Å²) >= 11 is 0. The number of hydrogen-bond acceptors (Lipinski definition) is 2. The molecule has 0 aliphatic heterocycles. The molecule has 0 saturated heterocycles. The van der Waals surface area contributed by atoms with Gasteiger partial charge in [-0.3, -0.25) is 0 Å². The van der Waals surface area contributed by atoms with Crippen LogP contribution in [0.5, 0.6) is 0 Å². The Labute approximate surface area is 112 Å². The molecule has 0 aromatic heterocycles. The van der Waals surface area contributed by atoms with Crippen LogP contribution in [0.3, 0.4) is 0 Å². The van der Waals surface area contributed by atoms with E-state index in [0.717, 1.165) is 12.5 Å². The third kappa shape index (κ3) is 2.46. The summed E-state index contributed by atoms with van der Waals surface area (Å²) in [6.45, 7) is 0. The lowest BCUT2D eigenvalue weighted by molar-refractivity contribution is 0.000365. The van der Waals surface area contributed by atoms with Gasteiger partial charge in [-0.15, -0.1) is 0 Å². The number of aliphatic hydroxyl groups excluding tert-OH is 1. The lowest BCUT2D eigenvalue weighted by Crippen LogP contribution is -2.58. The minimum Gasteiger partial charge on any atom is -0.392 e. The topological polar surface area (TPSA) is 32.3 Å². The zero-order valence-electron chi connectivity index (χ0n) is 11.7. The molecule has 3 atom stereocenters. The summed E-state index contributed by atoms with van der Waals surface area (Å²) in [6.07, 6.45) is 15.9. The summed E-state index contributed by atoms with van der Waals surface area (Å²) in [7, 11) is 0. The molecule has 2 heteroatoms. The van der Waals surface area contributed by atoms with Crippen LogP contribution < -0.4 is 5.32 Å². The van der Waals surface area contributed by atoms with Crippen molar-refractivity contribution < 1.29 is 5.11 Å². The molecule has 3 unspecified atom stereocenters. The first kappa shape index (κ1) is 12.9. The van der Waals surface area contributed by atoms with Gasteiger partial charge in [0.05, 0.1) is 6.10 Å². The molecule has 104 valence electrons. The monoisotopic (exact) mass is 251 g/mol. The SMILES string of the molecule is OC1CCCCCC1NC1CCC12CCCCC2. The molecule has 3 aliphatic rings. The fourth-order valence-corrected chi connectivity index (χ4v) is 4.55. The van der Waals surface area contributed by atoms with Gasteiger partial charge in [0.1, 0.15) is 0 Å². The Morgan fingerprint density at radius 2 is 1.50 bits per heavy atom. The average Bonchev–Trinajstić information content (AvgIpc) is 2.61. The van der Waals surface area contributed by atoms with E-state index in [1.165, 1.54) is 70.6 Å². The minimum absolute atomic E-state index is 0.0891. The predicted molar refractivity (Wildman–Crippen MR) is 74.6 cm³/mol. The molecule has 2 nitrogen and oxygen atoms in total. The van der Waals surface area contributed by atoms with Gasteiger partial charge in [-0.1, -0.05) is 38.5 Å². The number of rotatable bonds is 2. The van der Waals surface area contributed by atoms with Gasteiger partial charge in [0, 0.05) is 12.1 Å². The summed E-state index contributed by atoms with van der Waals surface area (Å²) in [5, 5.41) is 14.1. The van der Waals surface area contributed by atoms with Crippen LogP contribution in [-0.2, 0) is 0 Å². The molecule has 18 heavy (non-hydrogen) atoms. The summed E-state index contributed by atoms with van der Waals surface area (Å²) in [4.78, 5) is 0. The van der Waals surface area contributed by atoms with Crippen LogP contribution in [0.2, 0.25) is 0 Å². The normalized spacial score (nSPS) is 40.2. The van der Waals surface area contributed by atoms with Crippen LogP contribution in [0.15, 0.2) is 0 Å². The van der Waals surface area contributed by atoms with E-state index in [4.69, 9.17) is 0 Å². The molecular formula is C16H29NO. The van der Waals surface area contributed by atoms with E-state index in [2.05, 4.69) is 5.32 Å². The Bertz CT molecular complexity index is 272. The maximum Gasteiger partial charge on any atom is 0.0693 e. The summed E-state index contributed by atoms with van der Waals surface area (Å²) in [5.41, 5.74) is 0.629. The van der Waals surface area contributed by atoms with Crippen molar-refractivity contribution in [3.05, 3.63) is 0 Å². The molecule has 0 aromatic carbocycles. The Balaban J connectivity index is 1.58. The fraction of sp³-hybridized carbons (Fsp3) is 1.00. The van der Waals surface area contributed by atoms with Crippen LogP contribution in [0.1, 0.15) is 77.0 Å². The lowest BCUT2D eigenvalue weighted by Gasteiger charge is -2.54. The quantitative estimate of drug-likeness (QED) is 0.737. The number of nitrogens with one attached hydrogen (secondary N) is 1. The van der Waals surface area contributed by atoms with E-state index < -0.39 is 0 Å². The average molecular weight is 251 g/mol. The molecule has 3 saturated carbocycles. The fourth-order valence-electron chi connectivity index (χ4n) is 4.55. The number of aliphatic hydroxyl groups is 1. The first-order valence-corrected chi connectivity index (χ1v) is 8.24. The second-order valence-corrected chi connectivity index (χ2v) is 6.99. The smallest absolute Gasteiger partial charge is 0.0693 e. The largest absolute Gasteiger partial charge is 0.392 e. The van der Waals surface area contributed by atoms with Gasteiger partial charge in [-0.25, -0.2) is 0 Å². The van der Waals surface area contributed by atoms with E-state index in [9.17, 15) is 5.11 Å². The van der Waals surface area contributed by atoms with Crippen molar-refractivity contribution in [3.63, 3.8) is 0 Å². The maximum absolute atomic E-state index is 10.2. The first-order valence-electron chi connectivity index (χ1n) is 8.24. The molecule has 0 bridgehead atoms. The lowest BCUT2D eigenvalue weighted by atomic mass is 9.57. The molecular weight excluding hydrogens is 222 g/mol. The Kier molecular flexibility index (Phi) is 3.95. The van der Waals surface area contributed by atoms with Gasteiger partial charge in [-0.05, 0) is 43.9 Å². The van der Waals surface area contributed by atoms with Crippen molar-refractivity contribution in [3.8, 4) is 0 Å². The van der Waals surface area contributed by atoms with Gasteiger partial charge in [0.15, 0.2) is 0 Å². The molecule has 1 spiro atoms. The molecule has 3 aliphatic carbocycles. The predicted octanol–water partition coefficient (Wildman–Crippen LogP) is 3.38. The standard InChI is InChI=1S/C16H29NO/c18-14-8-4-1-3-7-13(14)17-15-9-12-16(15)10-5-2-6-11-16/h13-15,17-18H,1-12H2. The van der Waals surface area contributed by atoms with Crippen molar-refractivity contribution in [2.75, 3.05) is 0 Å². The van der Waals surface area contributed by atoms with Gasteiger partial charge in [0.25, 0.3) is 0 Å². The highest BCUT2D eigenvalue weighted by Gasteiger charge is 2.47. The number of hydrogen-bond donors (Lipinski definition) is 2. The molecule has 0 radical (unpaired) electrons. The van der Waals surface area contributed by atoms with Crippen molar-refractivity contribution in [1.29, 1.82) is 0 Å². The highest BCUT2D eigenvalue weighted by molar-refractivity contribution is 5.03. The van der Waals surface area contributed by atoms with Crippen molar-refractivity contribution in [1.82, 2.24) is 5.32 Å². The van der Waals surface area contributed by atoms with Crippen LogP contribution in [0.4, 0.5) is 0 Å². The van der Waals surface area contributed by atoms with Crippen molar-refractivity contribution >= 4 is 0 Å². The molecule has 3 fully saturated rings. The molecule has 0 heterocycles. The van der Waals surface area contributed by atoms with Crippen molar-refractivity contribution in [2.45, 2.75) is 95.2 Å². The van der Waals surface area contributed by atoms with Gasteiger partial charge >= 0.3 is 0 Å². The van der Waals surface area contributed by atoms with Crippen LogP contribution in [0.25, 0.3) is 0 Å². The summed E-state index contributed by atoms with van der Waals surface area (Å²) in [5.74, 6) is 0. The second-order valence-electron chi connectivity index (χ2n) is 6.99. The zero-order valence-corrected chi connectivity index (χ0v) is 11.7. The summed E-state index contributed by atoms with van der Waals surface area (Å²) in [6, 6.07) is 1.10. The third-order valence-corrected chi connectivity index (χ3v) is 5.91. The van der Waals surface area contributed by atoms with Gasteiger partial charge in [0.2, 0.25) is 0 Å². The van der Waals surface area contributed by atoms with E-state index in [1.807, 2.05) is 0 Å². The van der Waals surface area contributed by atoms with Crippen LogP contribution in [0, 0.1) is 5.41 Å². The van der Waals surface area contributed by atoms with Gasteiger partial charge in [-0.2, -0.15) is 0 Å². The second kappa shape index (κ2) is 5.50. The minimum atomic E-state index is -0.0891. The molecule has 0 aromatic rings. The van der Waals surface area contributed by atoms with Crippen molar-refractivity contribution in [2.24, 2.45) is 5.41 Å². The molecule has 2 N–H and O–H groups in total. The Hall–Kier alpha value is -0.0800. The van der Waals surface area contributed by atoms with Gasteiger partial charge < -0.3 is 10.4 Å². The highest BCUT2D eigenvalue weighted by Crippen LogP contribution is 2.52. The third-order valence-electron chi connectivity index (χ3n) is 5.91. The van der Waals surface area contributed by atoms with E-state index >= 15 is 0 Å². The maximum atomic E-state index is 10.2. The zero-order chi connectivity index (χ0) is 12.4. The highest BCUT2D eigenvalue weighted by atomic mass is 16.3. The Morgan fingerprint density at radius 1 is 0.778 bits per heavy atom. The molecule has 3 rings (SSSR count). The Morgan fingerprint density at radius 3 is 2.22 bits per heavy atom. The van der Waals surface area contributed by atoms with E-state index in [1.54, 1.807) is 0 Å². The van der Waals surface area contributed by atoms with Crippen LogP contribution >= 0.6 is 0 Å². The molecule has 0 amide bonds.